The Bertz CT molecular complexity index is 331. The minimum atomic E-state index is 0.535. The van der Waals surface area contributed by atoms with Gasteiger partial charge in [-0.15, -0.1) is 11.3 Å². The van der Waals surface area contributed by atoms with E-state index in [1.54, 1.807) is 11.3 Å². The van der Waals surface area contributed by atoms with Crippen LogP contribution in [0, 0.1) is 11.3 Å². The Balaban J connectivity index is 2.04. The molecule has 74 valence electrons. The summed E-state index contributed by atoms with van der Waals surface area (Å²) in [6.45, 7) is 1.13. The van der Waals surface area contributed by atoms with Gasteiger partial charge in [-0.1, -0.05) is 6.42 Å². The van der Waals surface area contributed by atoms with Crippen molar-refractivity contribution in [3.05, 3.63) is 21.9 Å². The van der Waals surface area contributed by atoms with E-state index >= 15 is 0 Å². The Morgan fingerprint density at radius 1 is 1.57 bits per heavy atom. The lowest BCUT2D eigenvalue weighted by Gasteiger charge is -2.22. The highest BCUT2D eigenvalue weighted by atomic mass is 32.1. The Hall–Kier alpha value is -0.850. The SMILES string of the molecule is N#CCc1cc([C@H]2CCCCN2)cs1. The van der Waals surface area contributed by atoms with Gasteiger partial charge in [0.2, 0.25) is 0 Å². The first kappa shape index (κ1) is 9.70. The zero-order valence-electron chi connectivity index (χ0n) is 8.12. The van der Waals surface area contributed by atoms with E-state index in [0.29, 0.717) is 12.5 Å². The zero-order valence-corrected chi connectivity index (χ0v) is 8.94. The number of nitrogens with one attached hydrogen (secondary N) is 1. The minimum Gasteiger partial charge on any atom is -0.310 e. The molecule has 1 fully saturated rings. The highest BCUT2D eigenvalue weighted by molar-refractivity contribution is 7.10. The predicted octanol–water partition coefficient (Wildman–Crippen LogP) is 2.63. The average molecular weight is 206 g/mol. The van der Waals surface area contributed by atoms with E-state index in [1.165, 1.54) is 29.7 Å². The fourth-order valence-corrected chi connectivity index (χ4v) is 2.76. The molecule has 1 aromatic heterocycles. The molecule has 2 rings (SSSR count). The normalized spacial score (nSPS) is 21.8. The molecule has 0 spiro atoms. The van der Waals surface area contributed by atoms with Crippen LogP contribution in [0.25, 0.3) is 0 Å². The van der Waals surface area contributed by atoms with E-state index in [1.807, 2.05) is 0 Å². The highest BCUT2D eigenvalue weighted by Gasteiger charge is 2.15. The third-order valence-electron chi connectivity index (χ3n) is 2.64. The number of piperidine rings is 1. The first-order valence-corrected chi connectivity index (χ1v) is 5.96. The van der Waals surface area contributed by atoms with Gasteiger partial charge in [0, 0.05) is 10.9 Å². The third-order valence-corrected chi connectivity index (χ3v) is 3.59. The number of hydrogen-bond acceptors (Lipinski definition) is 3. The average Bonchev–Trinajstić information content (AvgIpc) is 2.68. The molecule has 2 heterocycles. The first-order chi connectivity index (χ1) is 6.90. The van der Waals surface area contributed by atoms with Crippen LogP contribution in [0.4, 0.5) is 0 Å². The molecule has 1 saturated heterocycles. The van der Waals surface area contributed by atoms with Crippen LogP contribution in [-0.4, -0.2) is 6.54 Å². The molecule has 1 aliphatic rings. The van der Waals surface area contributed by atoms with Crippen molar-refractivity contribution < 1.29 is 0 Å². The maximum atomic E-state index is 8.58. The quantitative estimate of drug-likeness (QED) is 0.807. The van der Waals surface area contributed by atoms with E-state index in [4.69, 9.17) is 5.26 Å². The Morgan fingerprint density at radius 2 is 2.50 bits per heavy atom. The van der Waals surface area contributed by atoms with Crippen molar-refractivity contribution in [2.24, 2.45) is 0 Å². The minimum absolute atomic E-state index is 0.535. The molecule has 0 radical (unpaired) electrons. The standard InChI is InChI=1S/C11H14N2S/c12-5-4-10-7-9(8-14-10)11-3-1-2-6-13-11/h7-8,11,13H,1-4,6H2/t11-/m1/s1. The second kappa shape index (κ2) is 4.59. The van der Waals surface area contributed by atoms with Gasteiger partial charge < -0.3 is 5.32 Å². The topological polar surface area (TPSA) is 35.8 Å². The summed E-state index contributed by atoms with van der Waals surface area (Å²) in [5.41, 5.74) is 1.37. The van der Waals surface area contributed by atoms with Gasteiger partial charge in [-0.2, -0.15) is 5.26 Å². The largest absolute Gasteiger partial charge is 0.310 e. The Morgan fingerprint density at radius 3 is 3.21 bits per heavy atom. The van der Waals surface area contributed by atoms with E-state index < -0.39 is 0 Å². The summed E-state index contributed by atoms with van der Waals surface area (Å²) in [6.07, 6.45) is 4.41. The van der Waals surface area contributed by atoms with Crippen LogP contribution in [0.5, 0.6) is 0 Å². The lowest BCUT2D eigenvalue weighted by atomic mass is 10.00. The van der Waals surface area contributed by atoms with Gasteiger partial charge in [-0.05, 0) is 36.4 Å². The van der Waals surface area contributed by atoms with Crippen LogP contribution in [0.3, 0.4) is 0 Å². The molecule has 0 unspecified atom stereocenters. The molecule has 1 N–H and O–H groups in total. The van der Waals surface area contributed by atoms with E-state index in [2.05, 4.69) is 22.8 Å². The van der Waals surface area contributed by atoms with Crippen molar-refractivity contribution in [2.75, 3.05) is 6.54 Å². The first-order valence-electron chi connectivity index (χ1n) is 5.08. The van der Waals surface area contributed by atoms with Gasteiger partial charge >= 0.3 is 0 Å². The van der Waals surface area contributed by atoms with Gasteiger partial charge in [0.15, 0.2) is 0 Å². The lowest BCUT2D eigenvalue weighted by Crippen LogP contribution is -2.26. The molecule has 2 nitrogen and oxygen atoms in total. The number of rotatable bonds is 2. The van der Waals surface area contributed by atoms with E-state index in [9.17, 15) is 0 Å². The summed E-state index contributed by atoms with van der Waals surface area (Å²) in [5, 5.41) is 14.3. The summed E-state index contributed by atoms with van der Waals surface area (Å²) in [6, 6.07) is 4.90. The second-order valence-electron chi connectivity index (χ2n) is 3.68. The Kier molecular flexibility index (Phi) is 3.18. The molecule has 0 aliphatic carbocycles. The lowest BCUT2D eigenvalue weighted by molar-refractivity contribution is 0.413. The number of hydrogen-bond donors (Lipinski definition) is 1. The van der Waals surface area contributed by atoms with Crippen LogP contribution in [-0.2, 0) is 6.42 Å². The number of thiophene rings is 1. The summed E-state index contributed by atoms with van der Waals surface area (Å²) >= 11 is 1.71. The van der Waals surface area contributed by atoms with Crippen LogP contribution < -0.4 is 5.32 Å². The Labute approximate surface area is 88.6 Å². The van der Waals surface area contributed by atoms with Gasteiger partial charge in [0.1, 0.15) is 0 Å². The summed E-state index contributed by atoms with van der Waals surface area (Å²) in [7, 11) is 0. The van der Waals surface area contributed by atoms with Crippen molar-refractivity contribution in [1.29, 1.82) is 5.26 Å². The molecule has 0 saturated carbocycles. The van der Waals surface area contributed by atoms with Gasteiger partial charge in [0.25, 0.3) is 0 Å². The molecule has 0 aromatic carbocycles. The molecular weight excluding hydrogens is 192 g/mol. The maximum Gasteiger partial charge on any atom is 0.0695 e. The molecule has 1 atom stereocenters. The van der Waals surface area contributed by atoms with Crippen molar-refractivity contribution in [3.63, 3.8) is 0 Å². The van der Waals surface area contributed by atoms with Crippen LogP contribution in [0.2, 0.25) is 0 Å². The van der Waals surface area contributed by atoms with Gasteiger partial charge in [-0.3, -0.25) is 0 Å². The fraction of sp³-hybridized carbons (Fsp3) is 0.545. The van der Waals surface area contributed by atoms with Gasteiger partial charge in [-0.25, -0.2) is 0 Å². The monoisotopic (exact) mass is 206 g/mol. The van der Waals surface area contributed by atoms with Crippen molar-refractivity contribution in [1.82, 2.24) is 5.32 Å². The number of nitrogens with zero attached hydrogens (tertiary/aromatic N) is 1. The molecular formula is C11H14N2S. The van der Waals surface area contributed by atoms with E-state index in [-0.39, 0.29) is 0 Å². The molecule has 1 aromatic rings. The summed E-state index contributed by atoms with van der Waals surface area (Å²) in [5.74, 6) is 0. The predicted molar refractivity (Wildman–Crippen MR) is 58.2 cm³/mol. The van der Waals surface area contributed by atoms with Crippen LogP contribution in [0.15, 0.2) is 11.4 Å². The third kappa shape index (κ3) is 2.14. The zero-order chi connectivity index (χ0) is 9.80. The second-order valence-corrected chi connectivity index (χ2v) is 4.68. The smallest absolute Gasteiger partial charge is 0.0695 e. The van der Waals surface area contributed by atoms with E-state index in [0.717, 1.165) is 6.54 Å². The summed E-state index contributed by atoms with van der Waals surface area (Å²) < 4.78 is 0. The molecule has 0 bridgehead atoms. The van der Waals surface area contributed by atoms with Crippen molar-refractivity contribution >= 4 is 11.3 Å². The molecule has 14 heavy (non-hydrogen) atoms. The van der Waals surface area contributed by atoms with Crippen molar-refractivity contribution in [2.45, 2.75) is 31.7 Å². The number of nitriles is 1. The van der Waals surface area contributed by atoms with Crippen LogP contribution >= 0.6 is 11.3 Å². The van der Waals surface area contributed by atoms with Crippen LogP contribution in [0.1, 0.15) is 35.7 Å². The molecule has 3 heteroatoms. The molecule has 1 aliphatic heterocycles. The summed E-state index contributed by atoms with van der Waals surface area (Å²) in [4.78, 5) is 1.19. The fourth-order valence-electron chi connectivity index (χ4n) is 1.89. The molecule has 0 amide bonds. The van der Waals surface area contributed by atoms with Gasteiger partial charge in [0.05, 0.1) is 12.5 Å². The maximum absolute atomic E-state index is 8.58. The highest BCUT2D eigenvalue weighted by Crippen LogP contribution is 2.27. The van der Waals surface area contributed by atoms with Crippen molar-refractivity contribution in [3.8, 4) is 6.07 Å².